The van der Waals surface area contributed by atoms with Crippen LogP contribution in [0.15, 0.2) is 42.5 Å². The van der Waals surface area contributed by atoms with E-state index >= 15 is 0 Å². The molecular formula is C21H24O8. The SMILES string of the molecule is COc1ccc(/C=C/c2cc(O)cc(O[C@@H]3O[C@H](CO)[C@@H](O)[C@H](O)[C@@H]3O)c2)cc1. The van der Waals surface area contributed by atoms with Crippen LogP contribution >= 0.6 is 0 Å². The summed E-state index contributed by atoms with van der Waals surface area (Å²) in [6, 6.07) is 11.9. The van der Waals surface area contributed by atoms with Crippen LogP contribution in [-0.4, -0.2) is 70.0 Å². The summed E-state index contributed by atoms with van der Waals surface area (Å²) < 4.78 is 16.0. The molecule has 29 heavy (non-hydrogen) atoms. The second kappa shape index (κ2) is 9.25. The van der Waals surface area contributed by atoms with E-state index in [9.17, 15) is 25.5 Å². The lowest BCUT2D eigenvalue weighted by Gasteiger charge is -2.39. The second-order valence-electron chi connectivity index (χ2n) is 6.68. The molecule has 1 aliphatic heterocycles. The van der Waals surface area contributed by atoms with E-state index in [-0.39, 0.29) is 11.5 Å². The van der Waals surface area contributed by atoms with Crippen molar-refractivity contribution >= 4 is 12.2 Å². The Morgan fingerprint density at radius 2 is 1.59 bits per heavy atom. The molecule has 0 spiro atoms. The van der Waals surface area contributed by atoms with Gasteiger partial charge in [-0.05, 0) is 35.4 Å². The van der Waals surface area contributed by atoms with Crippen LogP contribution in [0.5, 0.6) is 17.2 Å². The van der Waals surface area contributed by atoms with Crippen molar-refractivity contribution in [2.24, 2.45) is 0 Å². The van der Waals surface area contributed by atoms with E-state index in [0.717, 1.165) is 11.3 Å². The molecule has 0 radical (unpaired) electrons. The molecule has 8 heteroatoms. The third kappa shape index (κ3) is 5.06. The molecule has 3 rings (SSSR count). The van der Waals surface area contributed by atoms with Gasteiger partial charge in [-0.25, -0.2) is 0 Å². The summed E-state index contributed by atoms with van der Waals surface area (Å²) in [5.41, 5.74) is 1.55. The van der Waals surface area contributed by atoms with Crippen LogP contribution in [0, 0.1) is 0 Å². The van der Waals surface area contributed by atoms with Crippen LogP contribution in [0.3, 0.4) is 0 Å². The van der Waals surface area contributed by atoms with Gasteiger partial charge in [0.25, 0.3) is 0 Å². The highest BCUT2D eigenvalue weighted by Gasteiger charge is 2.44. The minimum atomic E-state index is -1.54. The molecule has 1 fully saturated rings. The fraction of sp³-hybridized carbons (Fsp3) is 0.333. The maximum absolute atomic E-state index is 10.1. The second-order valence-corrected chi connectivity index (χ2v) is 6.68. The number of aliphatic hydroxyl groups excluding tert-OH is 4. The van der Waals surface area contributed by atoms with Crippen molar-refractivity contribution in [3.8, 4) is 17.2 Å². The van der Waals surface area contributed by atoms with Crippen LogP contribution in [0.1, 0.15) is 11.1 Å². The Balaban J connectivity index is 1.75. The number of phenolic OH excluding ortho intramolecular Hbond substituents is 1. The molecule has 5 atom stereocenters. The molecule has 0 saturated carbocycles. The van der Waals surface area contributed by atoms with Crippen LogP contribution in [0.4, 0.5) is 0 Å². The first-order valence-corrected chi connectivity index (χ1v) is 9.04. The smallest absolute Gasteiger partial charge is 0.229 e. The van der Waals surface area contributed by atoms with Crippen LogP contribution < -0.4 is 9.47 Å². The predicted octanol–water partition coefficient (Wildman–Crippen LogP) is 0.750. The number of aliphatic hydroxyl groups is 4. The van der Waals surface area contributed by atoms with Gasteiger partial charge in [0.05, 0.1) is 13.7 Å². The molecular weight excluding hydrogens is 380 g/mol. The van der Waals surface area contributed by atoms with Crippen molar-refractivity contribution in [3.63, 3.8) is 0 Å². The number of ether oxygens (including phenoxy) is 3. The highest BCUT2D eigenvalue weighted by Crippen LogP contribution is 2.28. The normalized spacial score (nSPS) is 27.1. The lowest BCUT2D eigenvalue weighted by Crippen LogP contribution is -2.60. The van der Waals surface area contributed by atoms with Gasteiger partial charge in [-0.1, -0.05) is 24.3 Å². The number of phenols is 1. The summed E-state index contributed by atoms with van der Waals surface area (Å²) >= 11 is 0. The van der Waals surface area contributed by atoms with Crippen LogP contribution in [0.2, 0.25) is 0 Å². The van der Waals surface area contributed by atoms with Crippen molar-refractivity contribution < 1.29 is 39.7 Å². The van der Waals surface area contributed by atoms with Gasteiger partial charge < -0.3 is 39.7 Å². The molecule has 8 nitrogen and oxygen atoms in total. The third-order valence-electron chi connectivity index (χ3n) is 4.60. The highest BCUT2D eigenvalue weighted by atomic mass is 16.7. The number of benzene rings is 2. The first-order valence-electron chi connectivity index (χ1n) is 9.04. The van der Waals surface area contributed by atoms with Gasteiger partial charge in [-0.15, -0.1) is 0 Å². The van der Waals surface area contributed by atoms with Gasteiger partial charge >= 0.3 is 0 Å². The molecule has 0 aliphatic carbocycles. The van der Waals surface area contributed by atoms with Crippen molar-refractivity contribution in [2.75, 3.05) is 13.7 Å². The first kappa shape index (κ1) is 21.1. The monoisotopic (exact) mass is 404 g/mol. The number of rotatable bonds is 6. The van der Waals surface area contributed by atoms with Gasteiger partial charge in [-0.3, -0.25) is 0 Å². The molecule has 1 aliphatic rings. The molecule has 2 aromatic rings. The van der Waals surface area contributed by atoms with E-state index in [2.05, 4.69) is 0 Å². The molecule has 0 aromatic heterocycles. The minimum absolute atomic E-state index is 0.0681. The van der Waals surface area contributed by atoms with Gasteiger partial charge in [0, 0.05) is 6.07 Å². The van der Waals surface area contributed by atoms with Crippen molar-refractivity contribution in [1.29, 1.82) is 0 Å². The van der Waals surface area contributed by atoms with E-state index in [4.69, 9.17) is 14.2 Å². The average Bonchev–Trinajstić information content (AvgIpc) is 2.72. The summed E-state index contributed by atoms with van der Waals surface area (Å²) in [6.45, 7) is -0.555. The minimum Gasteiger partial charge on any atom is -0.508 e. The van der Waals surface area contributed by atoms with E-state index in [1.165, 1.54) is 12.1 Å². The van der Waals surface area contributed by atoms with E-state index in [0.29, 0.717) is 5.56 Å². The van der Waals surface area contributed by atoms with Gasteiger partial charge in [0.2, 0.25) is 6.29 Å². The maximum Gasteiger partial charge on any atom is 0.229 e. The Hall–Kier alpha value is -2.62. The summed E-state index contributed by atoms with van der Waals surface area (Å²) in [5, 5.41) is 49.0. The van der Waals surface area contributed by atoms with Crippen molar-refractivity contribution in [3.05, 3.63) is 53.6 Å². The molecule has 0 bridgehead atoms. The predicted molar refractivity (Wildman–Crippen MR) is 104 cm³/mol. The van der Waals surface area contributed by atoms with Crippen molar-refractivity contribution in [1.82, 2.24) is 0 Å². The fourth-order valence-corrected chi connectivity index (χ4v) is 2.98. The van der Waals surface area contributed by atoms with E-state index in [1.807, 2.05) is 30.3 Å². The Morgan fingerprint density at radius 3 is 2.24 bits per heavy atom. The molecule has 1 saturated heterocycles. The van der Waals surface area contributed by atoms with Gasteiger partial charge in [-0.2, -0.15) is 0 Å². The van der Waals surface area contributed by atoms with Crippen LogP contribution in [0.25, 0.3) is 12.2 Å². The zero-order valence-corrected chi connectivity index (χ0v) is 15.8. The largest absolute Gasteiger partial charge is 0.508 e. The average molecular weight is 404 g/mol. The maximum atomic E-state index is 10.1. The van der Waals surface area contributed by atoms with Crippen molar-refractivity contribution in [2.45, 2.75) is 30.7 Å². The Kier molecular flexibility index (Phi) is 6.73. The summed E-state index contributed by atoms with van der Waals surface area (Å²) in [6.07, 6.45) is -3.35. The molecule has 156 valence electrons. The quantitative estimate of drug-likeness (QED) is 0.446. The van der Waals surface area contributed by atoms with Crippen LogP contribution in [-0.2, 0) is 4.74 Å². The summed E-state index contributed by atoms with van der Waals surface area (Å²) in [7, 11) is 1.59. The highest BCUT2D eigenvalue weighted by molar-refractivity contribution is 5.71. The lowest BCUT2D eigenvalue weighted by atomic mass is 9.99. The summed E-state index contributed by atoms with van der Waals surface area (Å²) in [4.78, 5) is 0. The zero-order valence-electron chi connectivity index (χ0n) is 15.8. The standard InChI is InChI=1S/C21H24O8/c1-27-15-6-4-12(5-7-15)2-3-13-8-14(23)10-16(9-13)28-21-20(26)19(25)18(24)17(11-22)29-21/h2-10,17-26H,11H2,1H3/b3-2+/t17-,18-,19+,20+,21-/m1/s1. The molecule has 5 N–H and O–H groups in total. The number of hydrogen-bond acceptors (Lipinski definition) is 8. The molecule has 0 unspecified atom stereocenters. The summed E-state index contributed by atoms with van der Waals surface area (Å²) in [5.74, 6) is 0.861. The Morgan fingerprint density at radius 1 is 0.897 bits per heavy atom. The zero-order chi connectivity index (χ0) is 21.0. The topological polar surface area (TPSA) is 129 Å². The molecule has 1 heterocycles. The van der Waals surface area contributed by atoms with E-state index < -0.39 is 37.3 Å². The van der Waals surface area contributed by atoms with Gasteiger partial charge in [0.15, 0.2) is 0 Å². The number of hydrogen-bond donors (Lipinski definition) is 5. The number of methoxy groups -OCH3 is 1. The lowest BCUT2D eigenvalue weighted by molar-refractivity contribution is -0.277. The van der Waals surface area contributed by atoms with E-state index in [1.54, 1.807) is 19.3 Å². The third-order valence-corrected chi connectivity index (χ3v) is 4.60. The molecule has 2 aromatic carbocycles. The Labute approximate surface area is 167 Å². The first-order chi connectivity index (χ1) is 13.9. The van der Waals surface area contributed by atoms with Gasteiger partial charge in [0.1, 0.15) is 41.7 Å². The Bertz CT molecular complexity index is 833. The fourth-order valence-electron chi connectivity index (χ4n) is 2.98. The molecule has 0 amide bonds. The number of aromatic hydroxyl groups is 1.